The lowest BCUT2D eigenvalue weighted by atomic mass is 10.0. The number of carbonyl (C=O) groups is 1. The van der Waals surface area contributed by atoms with Crippen molar-refractivity contribution in [3.63, 3.8) is 0 Å². The molecule has 90 valence electrons. The number of carbonyl (C=O) groups excluding carboxylic acids is 1. The molecule has 0 unspecified atom stereocenters. The molecule has 0 heterocycles. The molecule has 0 spiro atoms. The van der Waals surface area contributed by atoms with Crippen LogP contribution >= 0.6 is 15.9 Å². The van der Waals surface area contributed by atoms with Gasteiger partial charge in [0.2, 0.25) is 0 Å². The maximum absolute atomic E-state index is 11.5. The number of benzene rings is 1. The van der Waals surface area contributed by atoms with Crippen LogP contribution in [0.25, 0.3) is 0 Å². The summed E-state index contributed by atoms with van der Waals surface area (Å²) in [6.07, 6.45) is 1.35. The molecule has 0 aliphatic rings. The minimum Gasteiger partial charge on any atom is -0.466 e. The molecule has 1 aromatic rings. The molecule has 0 fully saturated rings. The highest BCUT2D eigenvalue weighted by Gasteiger charge is 2.11. The van der Waals surface area contributed by atoms with Crippen LogP contribution in [0.2, 0.25) is 0 Å². The van der Waals surface area contributed by atoms with E-state index >= 15 is 0 Å². The van der Waals surface area contributed by atoms with Crippen molar-refractivity contribution in [2.24, 2.45) is 0 Å². The van der Waals surface area contributed by atoms with Gasteiger partial charge in [0, 0.05) is 10.9 Å². The Morgan fingerprint density at radius 2 is 2.29 bits per heavy atom. The molecule has 0 saturated heterocycles. The SMILES string of the molecule is CCOC(=O)Cc1c(Br)cccc1CCC#N. The van der Waals surface area contributed by atoms with Gasteiger partial charge in [-0.25, -0.2) is 0 Å². The predicted molar refractivity (Wildman–Crippen MR) is 68.4 cm³/mol. The zero-order valence-electron chi connectivity index (χ0n) is 9.70. The van der Waals surface area contributed by atoms with Crippen molar-refractivity contribution in [2.75, 3.05) is 6.61 Å². The molecule has 0 saturated carbocycles. The summed E-state index contributed by atoms with van der Waals surface area (Å²) < 4.78 is 5.83. The van der Waals surface area contributed by atoms with Crippen molar-refractivity contribution in [2.45, 2.75) is 26.2 Å². The number of esters is 1. The Hall–Kier alpha value is -1.34. The molecule has 0 radical (unpaired) electrons. The van der Waals surface area contributed by atoms with Gasteiger partial charge in [0.25, 0.3) is 0 Å². The summed E-state index contributed by atoms with van der Waals surface area (Å²) in [5.74, 6) is -0.238. The molecule has 0 amide bonds. The number of nitriles is 1. The van der Waals surface area contributed by atoms with Crippen LogP contribution in [-0.2, 0) is 22.4 Å². The van der Waals surface area contributed by atoms with Gasteiger partial charge in [-0.1, -0.05) is 28.1 Å². The normalized spacial score (nSPS) is 9.71. The minimum atomic E-state index is -0.238. The van der Waals surface area contributed by atoms with Gasteiger partial charge in [0.05, 0.1) is 19.1 Å². The fourth-order valence-corrected chi connectivity index (χ4v) is 2.13. The highest BCUT2D eigenvalue weighted by atomic mass is 79.9. The second-order valence-electron chi connectivity index (χ2n) is 3.52. The van der Waals surface area contributed by atoms with Crippen molar-refractivity contribution < 1.29 is 9.53 Å². The molecule has 0 aromatic heterocycles. The maximum atomic E-state index is 11.5. The Balaban J connectivity index is 2.87. The molecule has 4 heteroatoms. The molecule has 1 rings (SSSR count). The number of aryl methyl sites for hydroxylation is 1. The first-order valence-corrected chi connectivity index (χ1v) is 6.27. The van der Waals surface area contributed by atoms with E-state index in [2.05, 4.69) is 22.0 Å². The molecule has 0 atom stereocenters. The summed E-state index contributed by atoms with van der Waals surface area (Å²) in [5.41, 5.74) is 1.94. The lowest BCUT2D eigenvalue weighted by Crippen LogP contribution is -2.10. The van der Waals surface area contributed by atoms with Gasteiger partial charge in [-0.05, 0) is 30.5 Å². The predicted octanol–water partition coefficient (Wildman–Crippen LogP) is 3.01. The zero-order valence-corrected chi connectivity index (χ0v) is 11.3. The Bertz CT molecular complexity index is 438. The monoisotopic (exact) mass is 295 g/mol. The number of hydrogen-bond acceptors (Lipinski definition) is 3. The van der Waals surface area contributed by atoms with E-state index in [0.717, 1.165) is 15.6 Å². The number of hydrogen-bond donors (Lipinski definition) is 0. The van der Waals surface area contributed by atoms with Crippen LogP contribution in [0.3, 0.4) is 0 Å². The van der Waals surface area contributed by atoms with E-state index in [1.807, 2.05) is 18.2 Å². The zero-order chi connectivity index (χ0) is 12.7. The van der Waals surface area contributed by atoms with E-state index in [4.69, 9.17) is 10.00 Å². The molecule has 0 N–H and O–H groups in total. The molecule has 3 nitrogen and oxygen atoms in total. The summed E-state index contributed by atoms with van der Waals surface area (Å²) in [7, 11) is 0. The summed E-state index contributed by atoms with van der Waals surface area (Å²) in [6.45, 7) is 2.17. The first kappa shape index (κ1) is 13.7. The van der Waals surface area contributed by atoms with Crippen LogP contribution in [0, 0.1) is 11.3 Å². The average Bonchev–Trinajstić information content (AvgIpc) is 2.30. The summed E-state index contributed by atoms with van der Waals surface area (Å²) in [6, 6.07) is 7.85. The smallest absolute Gasteiger partial charge is 0.310 e. The van der Waals surface area contributed by atoms with Crippen molar-refractivity contribution in [3.05, 3.63) is 33.8 Å². The third kappa shape index (κ3) is 4.20. The van der Waals surface area contributed by atoms with Crippen molar-refractivity contribution in [3.8, 4) is 6.07 Å². The van der Waals surface area contributed by atoms with E-state index < -0.39 is 0 Å². The molecule has 0 aliphatic heterocycles. The van der Waals surface area contributed by atoms with E-state index in [1.54, 1.807) is 6.92 Å². The van der Waals surface area contributed by atoms with Gasteiger partial charge in [0.15, 0.2) is 0 Å². The number of ether oxygens (including phenoxy) is 1. The van der Waals surface area contributed by atoms with E-state index in [0.29, 0.717) is 19.4 Å². The van der Waals surface area contributed by atoms with E-state index in [1.165, 1.54) is 0 Å². The number of nitrogens with zero attached hydrogens (tertiary/aromatic N) is 1. The number of rotatable bonds is 5. The third-order valence-corrected chi connectivity index (χ3v) is 3.09. The molecular weight excluding hydrogens is 282 g/mol. The molecule has 0 aliphatic carbocycles. The summed E-state index contributed by atoms with van der Waals surface area (Å²) >= 11 is 3.43. The second-order valence-corrected chi connectivity index (χ2v) is 4.37. The lowest BCUT2D eigenvalue weighted by Gasteiger charge is -2.10. The van der Waals surface area contributed by atoms with E-state index in [-0.39, 0.29) is 12.4 Å². The van der Waals surface area contributed by atoms with Crippen molar-refractivity contribution in [1.29, 1.82) is 5.26 Å². The highest BCUT2D eigenvalue weighted by molar-refractivity contribution is 9.10. The Morgan fingerprint density at radius 1 is 1.53 bits per heavy atom. The molecule has 17 heavy (non-hydrogen) atoms. The van der Waals surface area contributed by atoms with Crippen LogP contribution < -0.4 is 0 Å². The summed E-state index contributed by atoms with van der Waals surface area (Å²) in [5, 5.41) is 8.60. The standard InChI is InChI=1S/C13H14BrNO2/c1-2-17-13(16)9-11-10(6-4-8-15)5-3-7-12(11)14/h3,5,7H,2,4,6,9H2,1H3. The summed E-state index contributed by atoms with van der Waals surface area (Å²) in [4.78, 5) is 11.5. The molecule has 0 bridgehead atoms. The fourth-order valence-electron chi connectivity index (χ4n) is 1.58. The van der Waals surface area contributed by atoms with Gasteiger partial charge in [-0.3, -0.25) is 4.79 Å². The first-order valence-electron chi connectivity index (χ1n) is 5.47. The van der Waals surface area contributed by atoms with Gasteiger partial charge < -0.3 is 4.74 Å². The Labute approximate surface area is 110 Å². The molecular formula is C13H14BrNO2. The largest absolute Gasteiger partial charge is 0.466 e. The van der Waals surface area contributed by atoms with Gasteiger partial charge in [-0.15, -0.1) is 0 Å². The van der Waals surface area contributed by atoms with Crippen LogP contribution in [0.1, 0.15) is 24.5 Å². The highest BCUT2D eigenvalue weighted by Crippen LogP contribution is 2.22. The van der Waals surface area contributed by atoms with Crippen LogP contribution in [0.5, 0.6) is 0 Å². The lowest BCUT2D eigenvalue weighted by molar-refractivity contribution is -0.142. The Kier molecular flexibility index (Phi) is 5.71. The van der Waals surface area contributed by atoms with Gasteiger partial charge in [0.1, 0.15) is 0 Å². The average molecular weight is 296 g/mol. The van der Waals surface area contributed by atoms with E-state index in [9.17, 15) is 4.79 Å². The third-order valence-electron chi connectivity index (χ3n) is 2.35. The quantitative estimate of drug-likeness (QED) is 0.785. The van der Waals surface area contributed by atoms with Gasteiger partial charge in [-0.2, -0.15) is 5.26 Å². The van der Waals surface area contributed by atoms with Crippen LogP contribution in [0.4, 0.5) is 0 Å². The first-order chi connectivity index (χ1) is 8.19. The van der Waals surface area contributed by atoms with Crippen molar-refractivity contribution in [1.82, 2.24) is 0 Å². The minimum absolute atomic E-state index is 0.238. The topological polar surface area (TPSA) is 50.1 Å². The Morgan fingerprint density at radius 3 is 2.94 bits per heavy atom. The van der Waals surface area contributed by atoms with Crippen LogP contribution in [0.15, 0.2) is 22.7 Å². The van der Waals surface area contributed by atoms with Crippen molar-refractivity contribution >= 4 is 21.9 Å². The second kappa shape index (κ2) is 7.08. The number of halogens is 1. The van der Waals surface area contributed by atoms with Gasteiger partial charge >= 0.3 is 5.97 Å². The molecule has 1 aromatic carbocycles. The maximum Gasteiger partial charge on any atom is 0.310 e. The van der Waals surface area contributed by atoms with Crippen LogP contribution in [-0.4, -0.2) is 12.6 Å². The fraction of sp³-hybridized carbons (Fsp3) is 0.385.